The molecule has 0 aliphatic heterocycles. The van der Waals surface area contributed by atoms with Gasteiger partial charge in [0, 0.05) is 6.42 Å². The van der Waals surface area contributed by atoms with Crippen molar-refractivity contribution in [3.63, 3.8) is 0 Å². The van der Waals surface area contributed by atoms with E-state index in [9.17, 15) is 14.4 Å². The molecule has 0 heterocycles. The molecule has 2 N–H and O–H groups in total. The lowest BCUT2D eigenvalue weighted by atomic mass is 10.0. The first kappa shape index (κ1) is 24.1. The highest BCUT2D eigenvalue weighted by molar-refractivity contribution is 9.10. The lowest BCUT2D eigenvalue weighted by Crippen LogP contribution is -2.50. The highest BCUT2D eigenvalue weighted by Gasteiger charge is 2.26. The summed E-state index contributed by atoms with van der Waals surface area (Å²) in [6.07, 6.45) is 0.916. The molecule has 28 heavy (non-hydrogen) atoms. The minimum absolute atomic E-state index is 0.0861. The number of ketones is 1. The van der Waals surface area contributed by atoms with Gasteiger partial charge in [-0.3, -0.25) is 9.59 Å². The van der Waals surface area contributed by atoms with Crippen LogP contribution in [-0.2, 0) is 20.9 Å². The van der Waals surface area contributed by atoms with E-state index < -0.39 is 23.0 Å². The van der Waals surface area contributed by atoms with Crippen LogP contribution in [0.25, 0.3) is 0 Å². The Morgan fingerprint density at radius 3 is 2.21 bits per heavy atom. The van der Waals surface area contributed by atoms with Crippen LogP contribution in [0, 0.1) is 11.8 Å². The number of halogens is 1. The fourth-order valence-corrected chi connectivity index (χ4v) is 2.93. The fourth-order valence-electron chi connectivity index (χ4n) is 2.47. The van der Waals surface area contributed by atoms with Crippen LogP contribution in [0.1, 0.15) is 52.5 Å². The van der Waals surface area contributed by atoms with Crippen LogP contribution in [-0.4, -0.2) is 28.8 Å². The van der Waals surface area contributed by atoms with E-state index in [0.29, 0.717) is 18.8 Å². The van der Waals surface area contributed by atoms with Crippen molar-refractivity contribution in [3.05, 3.63) is 35.9 Å². The van der Waals surface area contributed by atoms with E-state index in [2.05, 4.69) is 26.6 Å². The summed E-state index contributed by atoms with van der Waals surface area (Å²) in [5, 5.41) is 5.25. The zero-order valence-corrected chi connectivity index (χ0v) is 18.6. The SMILES string of the molecule is CC(C)CCC(=O)C(Br)NC(=O)C(CC(C)C)NC(=O)OCc1ccccc1. The Kier molecular flexibility index (Phi) is 10.8. The smallest absolute Gasteiger partial charge is 0.408 e. The molecule has 0 radical (unpaired) electrons. The van der Waals surface area contributed by atoms with Gasteiger partial charge in [0.15, 0.2) is 5.78 Å². The fraction of sp³-hybridized carbons (Fsp3) is 0.571. The predicted molar refractivity (Wildman–Crippen MR) is 113 cm³/mol. The number of amides is 2. The predicted octanol–water partition coefficient (Wildman–Crippen LogP) is 4.17. The number of ether oxygens (including phenoxy) is 1. The normalized spacial score (nSPS) is 13.1. The van der Waals surface area contributed by atoms with Crippen LogP contribution < -0.4 is 10.6 Å². The average Bonchev–Trinajstić information content (AvgIpc) is 2.64. The standard InChI is InChI=1S/C21H31BrN2O4/c1-14(2)10-11-18(25)19(22)24-20(26)17(12-15(3)4)23-21(27)28-13-16-8-6-5-7-9-16/h5-9,14-15,17,19H,10-13H2,1-4H3,(H,23,27)(H,24,26). The van der Waals surface area contributed by atoms with Crippen molar-refractivity contribution in [3.8, 4) is 0 Å². The van der Waals surface area contributed by atoms with E-state index >= 15 is 0 Å². The maximum atomic E-state index is 12.6. The van der Waals surface area contributed by atoms with Crippen molar-refractivity contribution in [2.24, 2.45) is 11.8 Å². The second-order valence-corrected chi connectivity index (χ2v) is 8.57. The minimum Gasteiger partial charge on any atom is -0.445 e. The zero-order chi connectivity index (χ0) is 21.1. The Bertz CT molecular complexity index is 635. The molecule has 156 valence electrons. The number of carbonyl (C=O) groups excluding carboxylic acids is 3. The number of carbonyl (C=O) groups is 3. The van der Waals surface area contributed by atoms with Gasteiger partial charge in [0.25, 0.3) is 0 Å². The van der Waals surface area contributed by atoms with Gasteiger partial charge in [-0.25, -0.2) is 4.79 Å². The maximum Gasteiger partial charge on any atom is 0.408 e. The van der Waals surface area contributed by atoms with E-state index in [1.807, 2.05) is 58.0 Å². The molecule has 0 spiro atoms. The zero-order valence-electron chi connectivity index (χ0n) is 17.0. The van der Waals surface area contributed by atoms with E-state index in [4.69, 9.17) is 4.74 Å². The molecule has 0 saturated heterocycles. The quantitative estimate of drug-likeness (QED) is 0.388. The average molecular weight is 455 g/mol. The number of alkyl carbamates (subject to hydrolysis) is 1. The number of alkyl halides is 1. The molecule has 2 unspecified atom stereocenters. The van der Waals surface area contributed by atoms with Crippen molar-refractivity contribution >= 4 is 33.7 Å². The molecular formula is C21H31BrN2O4. The third kappa shape index (κ3) is 9.88. The van der Waals surface area contributed by atoms with Gasteiger partial charge in [0.2, 0.25) is 5.91 Å². The second kappa shape index (κ2) is 12.5. The van der Waals surface area contributed by atoms with Crippen LogP contribution in [0.2, 0.25) is 0 Å². The van der Waals surface area contributed by atoms with Gasteiger partial charge < -0.3 is 15.4 Å². The summed E-state index contributed by atoms with van der Waals surface area (Å²) in [5.74, 6) is 0.0896. The van der Waals surface area contributed by atoms with Gasteiger partial charge in [-0.15, -0.1) is 0 Å². The van der Waals surface area contributed by atoms with Gasteiger partial charge in [0.1, 0.15) is 17.6 Å². The summed E-state index contributed by atoms with van der Waals surface area (Å²) in [6, 6.07) is 8.52. The van der Waals surface area contributed by atoms with Gasteiger partial charge in [-0.2, -0.15) is 0 Å². The molecule has 7 heteroatoms. The first-order valence-electron chi connectivity index (χ1n) is 9.63. The Morgan fingerprint density at radius 1 is 1.00 bits per heavy atom. The van der Waals surface area contributed by atoms with Crippen molar-refractivity contribution in [1.82, 2.24) is 10.6 Å². The summed E-state index contributed by atoms with van der Waals surface area (Å²) in [7, 11) is 0. The summed E-state index contributed by atoms with van der Waals surface area (Å²) >= 11 is 3.23. The number of nitrogens with one attached hydrogen (secondary N) is 2. The van der Waals surface area contributed by atoms with Crippen molar-refractivity contribution in [2.75, 3.05) is 0 Å². The molecule has 0 saturated carbocycles. The van der Waals surface area contributed by atoms with Gasteiger partial charge >= 0.3 is 6.09 Å². The molecule has 1 aromatic rings. The maximum absolute atomic E-state index is 12.6. The van der Waals surface area contributed by atoms with Crippen LogP contribution in [0.4, 0.5) is 4.79 Å². The molecule has 0 aliphatic rings. The number of benzene rings is 1. The summed E-state index contributed by atoms with van der Waals surface area (Å²) in [6.45, 7) is 8.11. The molecule has 0 bridgehead atoms. The minimum atomic E-state index is -0.777. The molecule has 2 amide bonds. The van der Waals surface area contributed by atoms with Gasteiger partial charge in [-0.05, 0) is 30.2 Å². The lowest BCUT2D eigenvalue weighted by molar-refractivity contribution is -0.127. The second-order valence-electron chi connectivity index (χ2n) is 7.66. The molecule has 0 aromatic heterocycles. The monoisotopic (exact) mass is 454 g/mol. The number of Topliss-reactive ketones (excluding diaryl/α,β-unsaturated/α-hetero) is 1. The number of rotatable bonds is 11. The molecule has 2 atom stereocenters. The number of hydrogen-bond donors (Lipinski definition) is 2. The molecule has 1 aromatic carbocycles. The van der Waals surface area contributed by atoms with E-state index in [-0.39, 0.29) is 18.3 Å². The molecular weight excluding hydrogens is 424 g/mol. The molecule has 0 aliphatic carbocycles. The van der Waals surface area contributed by atoms with Crippen LogP contribution in [0.15, 0.2) is 30.3 Å². The van der Waals surface area contributed by atoms with Crippen LogP contribution in [0.3, 0.4) is 0 Å². The van der Waals surface area contributed by atoms with Crippen LogP contribution in [0.5, 0.6) is 0 Å². The van der Waals surface area contributed by atoms with E-state index in [0.717, 1.165) is 12.0 Å². The van der Waals surface area contributed by atoms with E-state index in [1.165, 1.54) is 0 Å². The Labute approximate surface area is 175 Å². The molecule has 6 nitrogen and oxygen atoms in total. The first-order valence-corrected chi connectivity index (χ1v) is 10.5. The van der Waals surface area contributed by atoms with Crippen LogP contribution >= 0.6 is 15.9 Å². The van der Waals surface area contributed by atoms with Crippen molar-refractivity contribution in [1.29, 1.82) is 0 Å². The van der Waals surface area contributed by atoms with Crippen molar-refractivity contribution < 1.29 is 19.1 Å². The van der Waals surface area contributed by atoms with Gasteiger partial charge in [-0.1, -0.05) is 74.0 Å². The van der Waals surface area contributed by atoms with Gasteiger partial charge in [0.05, 0.1) is 0 Å². The summed E-state index contributed by atoms with van der Waals surface area (Å²) in [4.78, 5) is 36.1. The highest BCUT2D eigenvalue weighted by atomic mass is 79.9. The number of hydrogen-bond acceptors (Lipinski definition) is 4. The Morgan fingerprint density at radius 2 is 1.64 bits per heavy atom. The third-order valence-corrected chi connectivity index (χ3v) is 4.79. The lowest BCUT2D eigenvalue weighted by Gasteiger charge is -2.21. The van der Waals surface area contributed by atoms with E-state index in [1.54, 1.807) is 0 Å². The first-order chi connectivity index (χ1) is 13.2. The Hall–Kier alpha value is -1.89. The summed E-state index contributed by atoms with van der Waals surface area (Å²) < 4.78 is 5.20. The third-order valence-electron chi connectivity index (χ3n) is 4.05. The summed E-state index contributed by atoms with van der Waals surface area (Å²) in [5.41, 5.74) is 0.860. The molecule has 0 fully saturated rings. The molecule has 1 rings (SSSR count). The largest absolute Gasteiger partial charge is 0.445 e. The Balaban J connectivity index is 2.58. The van der Waals surface area contributed by atoms with Crippen molar-refractivity contribution in [2.45, 2.75) is 64.6 Å². The topological polar surface area (TPSA) is 84.5 Å². The highest BCUT2D eigenvalue weighted by Crippen LogP contribution is 2.11.